The molecule has 0 fully saturated rings. The molecular formula is C71H120O6. The van der Waals surface area contributed by atoms with Gasteiger partial charge in [0.15, 0.2) is 6.10 Å². The van der Waals surface area contributed by atoms with E-state index in [1.165, 1.54) is 141 Å². The zero-order valence-electron chi connectivity index (χ0n) is 50.4. The predicted octanol–water partition coefficient (Wildman–Crippen LogP) is 22.2. The van der Waals surface area contributed by atoms with Gasteiger partial charge in [-0.3, -0.25) is 14.4 Å². The van der Waals surface area contributed by atoms with Crippen LogP contribution in [-0.2, 0) is 28.6 Å². The summed E-state index contributed by atoms with van der Waals surface area (Å²) >= 11 is 0. The fourth-order valence-electron chi connectivity index (χ4n) is 8.92. The number of hydrogen-bond acceptors (Lipinski definition) is 6. The third-order valence-corrected chi connectivity index (χ3v) is 13.8. The van der Waals surface area contributed by atoms with Gasteiger partial charge in [-0.2, -0.15) is 0 Å². The molecule has 0 spiro atoms. The monoisotopic (exact) mass is 1070 g/mol. The normalized spacial score (nSPS) is 12.8. The predicted molar refractivity (Wildman–Crippen MR) is 334 cm³/mol. The first-order valence-electron chi connectivity index (χ1n) is 32.4. The summed E-state index contributed by atoms with van der Waals surface area (Å²) in [6, 6.07) is 0. The smallest absolute Gasteiger partial charge is 0.306 e. The van der Waals surface area contributed by atoms with Crippen LogP contribution in [0.25, 0.3) is 0 Å². The molecule has 0 heterocycles. The molecule has 440 valence electrons. The molecule has 0 rings (SSSR count). The molecule has 1 unspecified atom stereocenters. The lowest BCUT2D eigenvalue weighted by Crippen LogP contribution is -2.30. The number of carbonyl (C=O) groups excluding carboxylic acids is 3. The molecule has 0 radical (unpaired) electrons. The Kier molecular flexibility index (Phi) is 61.3. The van der Waals surface area contributed by atoms with E-state index in [0.29, 0.717) is 19.3 Å². The maximum atomic E-state index is 12.9. The van der Waals surface area contributed by atoms with Crippen molar-refractivity contribution in [2.24, 2.45) is 0 Å². The molecule has 6 nitrogen and oxygen atoms in total. The van der Waals surface area contributed by atoms with Gasteiger partial charge in [0.05, 0.1) is 0 Å². The number of unbranched alkanes of at least 4 members (excludes halogenated alkanes) is 29. The molecular weight excluding hydrogens is 949 g/mol. The highest BCUT2D eigenvalue weighted by molar-refractivity contribution is 5.71. The molecule has 0 aromatic carbocycles. The van der Waals surface area contributed by atoms with Crippen molar-refractivity contribution in [1.29, 1.82) is 0 Å². The van der Waals surface area contributed by atoms with Crippen molar-refractivity contribution in [3.63, 3.8) is 0 Å². The van der Waals surface area contributed by atoms with Crippen LogP contribution in [0.5, 0.6) is 0 Å². The number of carbonyl (C=O) groups is 3. The van der Waals surface area contributed by atoms with E-state index in [9.17, 15) is 14.4 Å². The van der Waals surface area contributed by atoms with Crippen molar-refractivity contribution in [2.45, 2.75) is 309 Å². The highest BCUT2D eigenvalue weighted by atomic mass is 16.6. The van der Waals surface area contributed by atoms with Crippen LogP contribution in [0.15, 0.2) is 109 Å². The Morgan fingerprint density at radius 2 is 0.506 bits per heavy atom. The van der Waals surface area contributed by atoms with Crippen molar-refractivity contribution < 1.29 is 28.6 Å². The molecule has 77 heavy (non-hydrogen) atoms. The Bertz CT molecular complexity index is 1560. The Labute approximate surface area is 476 Å². The summed E-state index contributed by atoms with van der Waals surface area (Å²) in [5.74, 6) is -0.899. The first-order valence-corrected chi connectivity index (χ1v) is 32.4. The van der Waals surface area contributed by atoms with Crippen LogP contribution in [0.1, 0.15) is 303 Å². The van der Waals surface area contributed by atoms with E-state index in [1.54, 1.807) is 0 Å². The molecule has 0 aliphatic heterocycles. The first-order chi connectivity index (χ1) is 38.0. The summed E-state index contributed by atoms with van der Waals surface area (Å²) in [5, 5.41) is 0. The SMILES string of the molecule is CC/C=C\C/C=C\C/C=C\C/C=C\C/C=C\C/C=C\CCCCCCCCC(=O)OCC(COC(=O)CCCCCCCCCCC)OC(=O)CCCCCCCCCCCC/C=C\C/C=C\C/C=C\CCCCCCC. The van der Waals surface area contributed by atoms with Gasteiger partial charge in [0, 0.05) is 19.3 Å². The molecule has 0 aliphatic carbocycles. The number of esters is 3. The van der Waals surface area contributed by atoms with Gasteiger partial charge in [-0.15, -0.1) is 0 Å². The van der Waals surface area contributed by atoms with Crippen LogP contribution in [0.2, 0.25) is 0 Å². The van der Waals surface area contributed by atoms with Gasteiger partial charge < -0.3 is 14.2 Å². The van der Waals surface area contributed by atoms with Gasteiger partial charge in [-0.1, -0.05) is 284 Å². The lowest BCUT2D eigenvalue weighted by atomic mass is 10.0. The van der Waals surface area contributed by atoms with Crippen molar-refractivity contribution >= 4 is 17.9 Å². The van der Waals surface area contributed by atoms with Gasteiger partial charge in [-0.05, 0) is 109 Å². The standard InChI is InChI=1S/C71H120O6/c1-4-7-10-13-16-19-21-23-25-27-29-31-33-35-37-39-41-43-45-47-49-52-55-58-61-64-70(73)76-67-68(66-75-69(72)63-60-57-54-51-18-15-12-9-6-3)77-71(74)65-62-59-56-53-50-48-46-44-42-40-38-36-34-32-30-28-26-24-22-20-17-14-11-8-5-2/h7,10,16,19,22-25,28-31,34-37,41,43,68H,4-6,8-9,11-15,17-18,20-21,26-27,32-33,38-40,42,44-67H2,1-3H3/b10-7-,19-16-,24-22-,25-23-,30-28-,31-29-,36-34-,37-35-,43-41-. The quantitative estimate of drug-likeness (QED) is 0.0261. The topological polar surface area (TPSA) is 78.9 Å². The van der Waals surface area contributed by atoms with Crippen LogP contribution in [-0.4, -0.2) is 37.2 Å². The minimum atomic E-state index is -0.787. The molecule has 0 aromatic heterocycles. The van der Waals surface area contributed by atoms with Crippen molar-refractivity contribution in [3.05, 3.63) is 109 Å². The van der Waals surface area contributed by atoms with Crippen LogP contribution in [0, 0.1) is 0 Å². The maximum absolute atomic E-state index is 12.9. The molecule has 0 aliphatic rings. The molecule has 6 heteroatoms. The summed E-state index contributed by atoms with van der Waals surface area (Å²) in [7, 11) is 0. The fourth-order valence-corrected chi connectivity index (χ4v) is 8.92. The van der Waals surface area contributed by atoms with Gasteiger partial charge in [0.1, 0.15) is 13.2 Å². The maximum Gasteiger partial charge on any atom is 0.306 e. The van der Waals surface area contributed by atoms with Crippen LogP contribution in [0.4, 0.5) is 0 Å². The summed E-state index contributed by atoms with van der Waals surface area (Å²) in [6.07, 6.45) is 88.1. The first kappa shape index (κ1) is 73.1. The Balaban J connectivity index is 4.27. The number of allylic oxidation sites excluding steroid dienone is 18. The molecule has 0 saturated carbocycles. The molecule has 0 amide bonds. The van der Waals surface area contributed by atoms with E-state index in [2.05, 4.69) is 130 Å². The van der Waals surface area contributed by atoms with Gasteiger partial charge in [-0.25, -0.2) is 0 Å². The molecule has 0 aromatic rings. The van der Waals surface area contributed by atoms with E-state index >= 15 is 0 Å². The van der Waals surface area contributed by atoms with E-state index in [-0.39, 0.29) is 31.1 Å². The Morgan fingerprint density at radius 1 is 0.273 bits per heavy atom. The second-order valence-corrected chi connectivity index (χ2v) is 21.3. The molecule has 0 bridgehead atoms. The lowest BCUT2D eigenvalue weighted by Gasteiger charge is -2.18. The molecule has 0 N–H and O–H groups in total. The zero-order chi connectivity index (χ0) is 55.7. The summed E-state index contributed by atoms with van der Waals surface area (Å²) < 4.78 is 16.9. The number of ether oxygens (including phenoxy) is 3. The fraction of sp³-hybridized carbons (Fsp3) is 0.704. The Hall–Kier alpha value is -3.93. The van der Waals surface area contributed by atoms with E-state index in [4.69, 9.17) is 14.2 Å². The largest absolute Gasteiger partial charge is 0.462 e. The average molecular weight is 1070 g/mol. The zero-order valence-corrected chi connectivity index (χ0v) is 50.4. The van der Waals surface area contributed by atoms with Crippen LogP contribution >= 0.6 is 0 Å². The second-order valence-electron chi connectivity index (χ2n) is 21.3. The highest BCUT2D eigenvalue weighted by Gasteiger charge is 2.19. The third-order valence-electron chi connectivity index (χ3n) is 13.8. The van der Waals surface area contributed by atoms with E-state index < -0.39 is 6.10 Å². The molecule has 0 saturated heterocycles. The van der Waals surface area contributed by atoms with E-state index in [1.807, 2.05) is 0 Å². The summed E-state index contributed by atoms with van der Waals surface area (Å²) in [4.78, 5) is 38.2. The van der Waals surface area contributed by atoms with Crippen LogP contribution < -0.4 is 0 Å². The Morgan fingerprint density at radius 3 is 0.792 bits per heavy atom. The van der Waals surface area contributed by atoms with Gasteiger partial charge >= 0.3 is 17.9 Å². The number of rotatable bonds is 58. The van der Waals surface area contributed by atoms with Gasteiger partial charge in [0.2, 0.25) is 0 Å². The highest BCUT2D eigenvalue weighted by Crippen LogP contribution is 2.16. The van der Waals surface area contributed by atoms with Crippen LogP contribution in [0.3, 0.4) is 0 Å². The van der Waals surface area contributed by atoms with Crippen molar-refractivity contribution in [2.75, 3.05) is 13.2 Å². The number of hydrogen-bond donors (Lipinski definition) is 0. The van der Waals surface area contributed by atoms with Crippen molar-refractivity contribution in [1.82, 2.24) is 0 Å². The summed E-state index contributed by atoms with van der Waals surface area (Å²) in [5.41, 5.74) is 0. The minimum absolute atomic E-state index is 0.0835. The van der Waals surface area contributed by atoms with E-state index in [0.717, 1.165) is 122 Å². The average Bonchev–Trinajstić information content (AvgIpc) is 3.43. The second kappa shape index (κ2) is 64.6. The minimum Gasteiger partial charge on any atom is -0.462 e. The van der Waals surface area contributed by atoms with Crippen molar-refractivity contribution in [3.8, 4) is 0 Å². The lowest BCUT2D eigenvalue weighted by molar-refractivity contribution is -0.167. The van der Waals surface area contributed by atoms with Gasteiger partial charge in [0.25, 0.3) is 0 Å². The summed E-state index contributed by atoms with van der Waals surface area (Å²) in [6.45, 7) is 6.50. The molecule has 1 atom stereocenters. The third kappa shape index (κ3) is 62.8.